The normalized spacial score (nSPS) is 11.0. The molecule has 26 heavy (non-hydrogen) atoms. The van der Waals surface area contributed by atoms with Crippen molar-refractivity contribution in [3.8, 4) is 11.1 Å². The number of benzene rings is 2. The largest absolute Gasteiger partial charge is 0.416 e. The Bertz CT molecular complexity index is 888. The predicted octanol–water partition coefficient (Wildman–Crippen LogP) is 6.29. The van der Waals surface area contributed by atoms with Gasteiger partial charge >= 0.3 is 6.18 Å². The second-order valence-electron chi connectivity index (χ2n) is 5.81. The number of hydrogen-bond acceptors (Lipinski definition) is 3. The van der Waals surface area contributed by atoms with Gasteiger partial charge in [-0.1, -0.05) is 18.2 Å². The van der Waals surface area contributed by atoms with Gasteiger partial charge in [-0.15, -0.1) is 0 Å². The van der Waals surface area contributed by atoms with Crippen LogP contribution in [0.5, 0.6) is 0 Å². The van der Waals surface area contributed by atoms with Gasteiger partial charge in [0.25, 0.3) is 0 Å². The summed E-state index contributed by atoms with van der Waals surface area (Å²) >= 11 is 0. The summed E-state index contributed by atoms with van der Waals surface area (Å²) < 4.78 is 38.1. The molecule has 0 amide bonds. The van der Waals surface area contributed by atoms with Crippen LogP contribution in [0.15, 0.2) is 60.8 Å². The van der Waals surface area contributed by atoms with E-state index >= 15 is 0 Å². The van der Waals surface area contributed by atoms with Crippen LogP contribution in [0.1, 0.15) is 16.8 Å². The van der Waals surface area contributed by atoms with Crippen molar-refractivity contribution < 1.29 is 13.2 Å². The minimum Gasteiger partial charge on any atom is -0.355 e. The quantitative estimate of drug-likeness (QED) is 0.578. The first-order valence-corrected chi connectivity index (χ1v) is 7.82. The summed E-state index contributed by atoms with van der Waals surface area (Å²) in [7, 11) is 0. The van der Waals surface area contributed by atoms with Crippen LogP contribution in [0.4, 0.5) is 24.5 Å². The van der Waals surface area contributed by atoms with Crippen molar-refractivity contribution in [1.29, 1.82) is 0 Å². The minimum atomic E-state index is -4.33. The molecular formula is C20H20F3N3. The van der Waals surface area contributed by atoms with Crippen molar-refractivity contribution in [2.24, 2.45) is 0 Å². The van der Waals surface area contributed by atoms with Gasteiger partial charge in [-0.2, -0.15) is 13.2 Å². The Balaban J connectivity index is 0.00000243. The Labute approximate surface area is 150 Å². The number of aryl methyl sites for hydroxylation is 1. The van der Waals surface area contributed by atoms with Gasteiger partial charge in [-0.25, -0.2) is 0 Å². The van der Waals surface area contributed by atoms with Gasteiger partial charge in [0.2, 0.25) is 0 Å². The highest BCUT2D eigenvalue weighted by Crippen LogP contribution is 2.34. The lowest BCUT2D eigenvalue weighted by molar-refractivity contribution is -0.137. The highest BCUT2D eigenvalue weighted by Gasteiger charge is 2.29. The summed E-state index contributed by atoms with van der Waals surface area (Å²) in [5.74, 6) is 0. The number of rotatable bonds is 3. The summed E-state index contributed by atoms with van der Waals surface area (Å²) in [6.07, 6.45) is -2.57. The van der Waals surface area contributed by atoms with E-state index in [2.05, 4.69) is 10.3 Å². The van der Waals surface area contributed by atoms with Crippen LogP contribution in [0.3, 0.4) is 0 Å². The van der Waals surface area contributed by atoms with Gasteiger partial charge in [-0.05, 0) is 61.4 Å². The Kier molecular flexibility index (Phi) is 5.67. The van der Waals surface area contributed by atoms with Gasteiger partial charge in [0.1, 0.15) is 0 Å². The van der Waals surface area contributed by atoms with E-state index in [4.69, 9.17) is 0 Å². The topological polar surface area (TPSA) is 59.9 Å². The third-order valence-electron chi connectivity index (χ3n) is 4.16. The lowest BCUT2D eigenvalue weighted by atomic mass is 9.98. The van der Waals surface area contributed by atoms with E-state index in [9.17, 15) is 13.2 Å². The van der Waals surface area contributed by atoms with Crippen molar-refractivity contribution in [3.63, 3.8) is 0 Å². The third kappa shape index (κ3) is 4.03. The van der Waals surface area contributed by atoms with Crippen molar-refractivity contribution in [3.05, 3.63) is 77.6 Å². The van der Waals surface area contributed by atoms with Crippen molar-refractivity contribution in [2.45, 2.75) is 20.0 Å². The number of nitrogens with zero attached hydrogens (tertiary/aromatic N) is 1. The van der Waals surface area contributed by atoms with E-state index in [1.54, 1.807) is 6.20 Å². The molecule has 0 atom stereocenters. The first-order chi connectivity index (χ1) is 11.9. The average molecular weight is 359 g/mol. The van der Waals surface area contributed by atoms with Crippen molar-refractivity contribution >= 4 is 11.4 Å². The smallest absolute Gasteiger partial charge is 0.355 e. The van der Waals surface area contributed by atoms with Gasteiger partial charge in [0.15, 0.2) is 0 Å². The van der Waals surface area contributed by atoms with Crippen LogP contribution in [0.25, 0.3) is 11.1 Å². The summed E-state index contributed by atoms with van der Waals surface area (Å²) in [6.45, 7) is 3.96. The molecule has 2 aromatic carbocycles. The van der Waals surface area contributed by atoms with Crippen molar-refractivity contribution in [1.82, 2.24) is 11.1 Å². The standard InChI is InChI=1S/C20H17F3N2.H3N/c1-13-14(2)24-12-11-17(13)18-5-3-4-6-19(18)25-16-9-7-15(8-10-16)20(21,22)23;/h3-12,25H,1-2H3;1H3. The summed E-state index contributed by atoms with van der Waals surface area (Å²) in [4.78, 5) is 4.28. The zero-order chi connectivity index (χ0) is 18.0. The van der Waals surface area contributed by atoms with Crippen LogP contribution in [-0.2, 0) is 6.18 Å². The minimum absolute atomic E-state index is 0. The maximum absolute atomic E-state index is 12.7. The number of anilines is 2. The molecule has 1 aromatic heterocycles. The van der Waals surface area contributed by atoms with E-state index in [0.29, 0.717) is 5.69 Å². The Morgan fingerprint density at radius 3 is 2.15 bits per heavy atom. The van der Waals surface area contributed by atoms with Gasteiger partial charge in [0, 0.05) is 28.8 Å². The molecule has 0 aliphatic rings. The fourth-order valence-corrected chi connectivity index (χ4v) is 2.66. The number of para-hydroxylation sites is 1. The molecular weight excluding hydrogens is 339 g/mol. The van der Waals surface area contributed by atoms with Crippen LogP contribution < -0.4 is 11.5 Å². The number of aromatic nitrogens is 1. The third-order valence-corrected chi connectivity index (χ3v) is 4.16. The summed E-state index contributed by atoms with van der Waals surface area (Å²) in [5, 5.41) is 3.21. The highest BCUT2D eigenvalue weighted by molar-refractivity contribution is 5.82. The van der Waals surface area contributed by atoms with Crippen LogP contribution in [-0.4, -0.2) is 4.98 Å². The van der Waals surface area contributed by atoms with Gasteiger partial charge in [0.05, 0.1) is 5.56 Å². The van der Waals surface area contributed by atoms with Gasteiger partial charge < -0.3 is 11.5 Å². The lowest BCUT2D eigenvalue weighted by Gasteiger charge is -2.15. The lowest BCUT2D eigenvalue weighted by Crippen LogP contribution is -2.04. The number of alkyl halides is 3. The van der Waals surface area contributed by atoms with Crippen LogP contribution >= 0.6 is 0 Å². The zero-order valence-electron chi connectivity index (χ0n) is 14.6. The molecule has 0 aliphatic carbocycles. The predicted molar refractivity (Wildman–Crippen MR) is 98.9 cm³/mol. The molecule has 3 rings (SSSR count). The Hall–Kier alpha value is -2.86. The number of pyridine rings is 1. The molecule has 4 N–H and O–H groups in total. The van der Waals surface area contributed by atoms with Crippen molar-refractivity contribution in [2.75, 3.05) is 5.32 Å². The SMILES string of the molecule is Cc1nccc(-c2ccccc2Nc2ccc(C(F)(F)F)cc2)c1C.N. The van der Waals surface area contributed by atoms with E-state index in [1.807, 2.05) is 44.2 Å². The summed E-state index contributed by atoms with van der Waals surface area (Å²) in [6, 6.07) is 14.7. The van der Waals surface area contributed by atoms with E-state index in [-0.39, 0.29) is 6.15 Å². The fraction of sp³-hybridized carbons (Fsp3) is 0.150. The molecule has 0 unspecified atom stereocenters. The molecule has 1 heterocycles. The summed E-state index contributed by atoms with van der Waals surface area (Å²) in [5.41, 5.74) is 4.81. The number of halogens is 3. The average Bonchev–Trinajstić information content (AvgIpc) is 2.58. The zero-order valence-corrected chi connectivity index (χ0v) is 14.6. The number of nitrogens with one attached hydrogen (secondary N) is 1. The molecule has 0 bridgehead atoms. The molecule has 6 heteroatoms. The first kappa shape index (κ1) is 19.5. The Morgan fingerprint density at radius 2 is 1.50 bits per heavy atom. The monoisotopic (exact) mass is 359 g/mol. The maximum Gasteiger partial charge on any atom is 0.416 e. The first-order valence-electron chi connectivity index (χ1n) is 7.82. The molecule has 0 saturated carbocycles. The molecule has 3 aromatic rings. The van der Waals surface area contributed by atoms with E-state index < -0.39 is 11.7 Å². The van der Waals surface area contributed by atoms with Crippen LogP contribution in [0.2, 0.25) is 0 Å². The molecule has 0 aliphatic heterocycles. The maximum atomic E-state index is 12.7. The second-order valence-corrected chi connectivity index (χ2v) is 5.81. The van der Waals surface area contributed by atoms with E-state index in [1.165, 1.54) is 12.1 Å². The molecule has 136 valence electrons. The molecule has 0 radical (unpaired) electrons. The molecule has 0 spiro atoms. The molecule has 3 nitrogen and oxygen atoms in total. The highest BCUT2D eigenvalue weighted by atomic mass is 19.4. The van der Waals surface area contributed by atoms with Gasteiger partial charge in [-0.3, -0.25) is 4.98 Å². The molecule has 0 fully saturated rings. The Morgan fingerprint density at radius 1 is 0.846 bits per heavy atom. The second kappa shape index (κ2) is 7.58. The number of hydrogen-bond donors (Lipinski definition) is 2. The van der Waals surface area contributed by atoms with E-state index in [0.717, 1.165) is 40.2 Å². The fourth-order valence-electron chi connectivity index (χ4n) is 2.66. The van der Waals surface area contributed by atoms with Crippen LogP contribution in [0, 0.1) is 13.8 Å². The molecule has 0 saturated heterocycles.